The predicted molar refractivity (Wildman–Crippen MR) is 99.5 cm³/mol. The maximum absolute atomic E-state index is 11.4. The average Bonchev–Trinajstić information content (AvgIpc) is 3.00. The van der Waals surface area contributed by atoms with E-state index in [1.165, 1.54) is 17.3 Å². The second-order valence-corrected chi connectivity index (χ2v) is 8.32. The van der Waals surface area contributed by atoms with Gasteiger partial charge in [-0.15, -0.1) is 0 Å². The molecule has 0 amide bonds. The molecule has 3 aromatic heterocycles. The van der Waals surface area contributed by atoms with Crippen LogP contribution in [0.15, 0.2) is 35.3 Å². The van der Waals surface area contributed by atoms with E-state index in [1.807, 2.05) is 14.6 Å². The van der Waals surface area contributed by atoms with Crippen LogP contribution in [0, 0.1) is 0 Å². The van der Waals surface area contributed by atoms with Crippen LogP contribution in [0.25, 0.3) is 11.0 Å². The number of nitrogens with one attached hydrogen (secondary N) is 1. The number of ether oxygens (including phenoxy) is 1. The van der Waals surface area contributed by atoms with Gasteiger partial charge in [-0.2, -0.15) is 0 Å². The fraction of sp³-hybridized carbons (Fsp3) is 0.389. The van der Waals surface area contributed by atoms with Crippen molar-refractivity contribution in [3.8, 4) is 5.88 Å². The number of unbranched alkanes of at least 4 members (excludes halogenated alkanes) is 1. The van der Waals surface area contributed by atoms with Crippen molar-refractivity contribution in [3.05, 3.63) is 52.1 Å². The summed E-state index contributed by atoms with van der Waals surface area (Å²) in [4.78, 5) is 21.0. The number of pyridine rings is 2. The molecule has 0 aliphatic carbocycles. The first-order chi connectivity index (χ1) is 12.7. The van der Waals surface area contributed by atoms with Crippen LogP contribution in [-0.2, 0) is 13.0 Å². The summed E-state index contributed by atoms with van der Waals surface area (Å²) in [5.74, 6) is 0.557. The molecule has 26 heavy (non-hydrogen) atoms. The van der Waals surface area contributed by atoms with Crippen LogP contribution in [0.3, 0.4) is 0 Å². The number of aromatic nitrogens is 4. The van der Waals surface area contributed by atoms with Crippen molar-refractivity contribution < 1.29 is 4.74 Å². The van der Waals surface area contributed by atoms with E-state index in [0.717, 1.165) is 70.3 Å². The smallest absolute Gasteiger partial charge is 0.306 e. The van der Waals surface area contributed by atoms with E-state index < -0.39 is 0 Å². The Balaban J connectivity index is 1.23. The topological polar surface area (TPSA) is 76.0 Å². The van der Waals surface area contributed by atoms with Crippen LogP contribution in [0.5, 0.6) is 5.88 Å². The Hall–Kier alpha value is -1.75. The van der Waals surface area contributed by atoms with Crippen molar-refractivity contribution in [2.75, 3.05) is 19.7 Å². The Morgan fingerprint density at radius 2 is 2.12 bits per heavy atom. The Labute approximate surface area is 167 Å². The average molecular weight is 546 g/mol. The molecule has 3 aromatic rings. The number of H-pyrrole nitrogens is 1. The fourth-order valence-electron chi connectivity index (χ4n) is 3.27. The summed E-state index contributed by atoms with van der Waals surface area (Å²) in [7, 11) is 0. The van der Waals surface area contributed by atoms with E-state index in [-0.39, 0.29) is 5.56 Å². The molecule has 1 aliphatic heterocycles. The molecule has 7 nitrogen and oxygen atoms in total. The second kappa shape index (κ2) is 7.87. The zero-order chi connectivity index (χ0) is 17.9. The third-order valence-corrected chi connectivity index (χ3v) is 5.50. The molecule has 0 fully saturated rings. The van der Waals surface area contributed by atoms with Crippen molar-refractivity contribution in [2.45, 2.75) is 25.8 Å². The van der Waals surface area contributed by atoms with Crippen molar-refractivity contribution in [1.82, 2.24) is 22.5 Å². The normalized spacial score (nSPS) is 14.5. The molecule has 0 aromatic carbocycles. The van der Waals surface area contributed by atoms with E-state index in [4.69, 9.17) is 4.74 Å². The van der Waals surface area contributed by atoms with E-state index in [2.05, 4.69) is 26.2 Å². The number of hydrogen-bond acceptors (Lipinski definition) is 5. The first kappa shape index (κ1) is 17.7. The van der Waals surface area contributed by atoms with Crippen LogP contribution in [0.2, 0.25) is 0 Å². The van der Waals surface area contributed by atoms with Gasteiger partial charge in [-0.25, -0.2) is 0 Å². The third kappa shape index (κ3) is 4.14. The molecule has 0 atom stereocenters. The molecule has 8 heteroatoms. The van der Waals surface area contributed by atoms with E-state index >= 15 is 0 Å². The maximum atomic E-state index is 11.4. The molecular formula is C18H20N5O2Pb. The van der Waals surface area contributed by atoms with Gasteiger partial charge < -0.3 is 4.98 Å². The quantitative estimate of drug-likeness (QED) is 0.373. The molecule has 0 saturated carbocycles. The predicted octanol–water partition coefficient (Wildman–Crippen LogP) is 1.27. The zero-order valence-corrected chi connectivity index (χ0v) is 18.3. The SMILES string of the molecule is O=c1ccc2ccc(OCCCCN3CCc4n[n]([Pb])cc4C3)nc2[nH]1. The van der Waals surface area contributed by atoms with Crippen LogP contribution in [0.4, 0.5) is 0 Å². The molecule has 3 radical (unpaired) electrons. The molecule has 1 N–H and O–H groups in total. The Bertz CT molecular complexity index is 968. The summed E-state index contributed by atoms with van der Waals surface area (Å²) in [6, 6.07) is 7.02. The molecule has 0 saturated heterocycles. The monoisotopic (exact) mass is 546 g/mol. The van der Waals surface area contributed by atoms with Gasteiger partial charge in [0.2, 0.25) is 5.56 Å². The summed E-state index contributed by atoms with van der Waals surface area (Å²) in [6.45, 7) is 3.81. The fourth-order valence-corrected chi connectivity index (χ4v) is 4.34. The van der Waals surface area contributed by atoms with Crippen molar-refractivity contribution >= 4 is 37.1 Å². The molecule has 1 aliphatic rings. The van der Waals surface area contributed by atoms with Gasteiger partial charge in [-0.1, -0.05) is 0 Å². The molecule has 0 bridgehead atoms. The minimum absolute atomic E-state index is 0.150. The summed E-state index contributed by atoms with van der Waals surface area (Å²) < 4.78 is 7.79. The number of rotatable bonds is 6. The van der Waals surface area contributed by atoms with Gasteiger partial charge in [0, 0.05) is 11.5 Å². The number of nitrogens with zero attached hydrogens (tertiary/aromatic N) is 4. The van der Waals surface area contributed by atoms with Crippen LogP contribution in [-0.4, -0.2) is 68.2 Å². The number of fused-ring (bicyclic) bond motifs is 2. The first-order valence-corrected chi connectivity index (χ1v) is 10.6. The minimum atomic E-state index is -0.150. The molecule has 0 unspecified atom stereocenters. The van der Waals surface area contributed by atoms with Gasteiger partial charge in [0.1, 0.15) is 5.65 Å². The second-order valence-electron chi connectivity index (χ2n) is 6.54. The summed E-state index contributed by atoms with van der Waals surface area (Å²) >= 11 is 0.954. The van der Waals surface area contributed by atoms with E-state index in [0.29, 0.717) is 18.1 Å². The summed E-state index contributed by atoms with van der Waals surface area (Å²) in [5.41, 5.74) is 3.08. The number of hydrogen-bond donors (Lipinski definition) is 1. The number of aromatic amines is 1. The van der Waals surface area contributed by atoms with Crippen LogP contribution < -0.4 is 10.3 Å². The van der Waals surface area contributed by atoms with Crippen LogP contribution >= 0.6 is 0 Å². The molecule has 0 spiro atoms. The van der Waals surface area contributed by atoms with Gasteiger partial charge in [-0.05, 0) is 12.1 Å². The van der Waals surface area contributed by atoms with Crippen LogP contribution in [0.1, 0.15) is 24.1 Å². The molecule has 133 valence electrons. The minimum Gasteiger partial charge on any atom is -0.306 e. The third-order valence-electron chi connectivity index (χ3n) is 4.61. The Morgan fingerprint density at radius 1 is 1.23 bits per heavy atom. The van der Waals surface area contributed by atoms with E-state index in [9.17, 15) is 4.79 Å². The summed E-state index contributed by atoms with van der Waals surface area (Å²) in [5, 5.41) is 5.46. The van der Waals surface area contributed by atoms with Gasteiger partial charge in [0.25, 0.3) is 0 Å². The standard InChI is InChI=1S/C18H21N5O2.Pb/c24-16-5-3-13-4-6-17(21-18(13)20-16)25-10-2-1-8-23-9-7-15-14(12-23)11-19-22-15;/h3-6,11H,1-2,7-10,12H2,(H2,19,20,21,22,24);/q;+1/p-1. The van der Waals surface area contributed by atoms with Gasteiger partial charge in [0.05, 0.1) is 0 Å². The van der Waals surface area contributed by atoms with Crippen molar-refractivity contribution in [1.29, 1.82) is 0 Å². The van der Waals surface area contributed by atoms with E-state index in [1.54, 1.807) is 6.07 Å². The van der Waals surface area contributed by atoms with Gasteiger partial charge >= 0.3 is 123 Å². The summed E-state index contributed by atoms with van der Waals surface area (Å²) in [6.07, 6.45) is 5.32. The first-order valence-electron chi connectivity index (χ1n) is 8.82. The Kier molecular flexibility index (Phi) is 5.34. The zero-order valence-electron chi connectivity index (χ0n) is 14.4. The van der Waals surface area contributed by atoms with Gasteiger partial charge in [0.15, 0.2) is 0 Å². The van der Waals surface area contributed by atoms with Crippen molar-refractivity contribution in [3.63, 3.8) is 0 Å². The van der Waals surface area contributed by atoms with Crippen molar-refractivity contribution in [2.24, 2.45) is 0 Å². The Morgan fingerprint density at radius 3 is 3.04 bits per heavy atom. The molecule has 4 heterocycles. The molecule has 4 rings (SSSR count). The molecular weight excluding hydrogens is 525 g/mol. The van der Waals surface area contributed by atoms with Gasteiger partial charge in [-0.3, -0.25) is 4.79 Å².